The van der Waals surface area contributed by atoms with Crippen LogP contribution in [0.15, 0.2) is 35.1 Å². The van der Waals surface area contributed by atoms with E-state index in [0.717, 1.165) is 37.2 Å². The van der Waals surface area contributed by atoms with Crippen LogP contribution >= 0.6 is 23.2 Å². The molecular weight excluding hydrogens is 479 g/mol. The van der Waals surface area contributed by atoms with Crippen molar-refractivity contribution in [3.05, 3.63) is 51.8 Å². The van der Waals surface area contributed by atoms with Crippen LogP contribution in [-0.4, -0.2) is 88.6 Å². The fraction of sp³-hybridized carbons (Fsp3) is 0.583. The second kappa shape index (κ2) is 10.1. The van der Waals surface area contributed by atoms with Gasteiger partial charge in [-0.1, -0.05) is 34.4 Å². The van der Waals surface area contributed by atoms with Gasteiger partial charge in [0.15, 0.2) is 5.72 Å². The van der Waals surface area contributed by atoms with Crippen molar-refractivity contribution in [2.24, 2.45) is 5.92 Å². The molecule has 0 radical (unpaired) electrons. The van der Waals surface area contributed by atoms with Crippen molar-refractivity contribution >= 4 is 29.1 Å². The number of ether oxygens (including phenoxy) is 1. The minimum atomic E-state index is -1.35. The van der Waals surface area contributed by atoms with E-state index in [1.165, 1.54) is 0 Å². The van der Waals surface area contributed by atoms with E-state index in [9.17, 15) is 9.90 Å². The molecule has 3 fully saturated rings. The zero-order chi connectivity index (χ0) is 23.7. The van der Waals surface area contributed by atoms with Crippen molar-refractivity contribution in [1.82, 2.24) is 19.9 Å². The maximum Gasteiger partial charge on any atom is 0.229 e. The normalized spacial score (nSPS) is 28.3. The van der Waals surface area contributed by atoms with Crippen LogP contribution in [0, 0.1) is 5.92 Å². The van der Waals surface area contributed by atoms with E-state index >= 15 is 0 Å². The predicted molar refractivity (Wildman–Crippen MR) is 128 cm³/mol. The van der Waals surface area contributed by atoms with E-state index < -0.39 is 5.72 Å². The minimum absolute atomic E-state index is 0.125. The third kappa shape index (κ3) is 4.72. The number of hydrogen-bond acceptors (Lipinski definition) is 7. The maximum atomic E-state index is 13.6. The Hall–Kier alpha value is -1.68. The summed E-state index contributed by atoms with van der Waals surface area (Å²) in [7, 11) is 0. The van der Waals surface area contributed by atoms with Crippen LogP contribution in [-0.2, 0) is 22.5 Å². The second-order valence-electron chi connectivity index (χ2n) is 9.47. The van der Waals surface area contributed by atoms with Crippen molar-refractivity contribution < 1.29 is 19.2 Å². The smallest absolute Gasteiger partial charge is 0.229 e. The Morgan fingerprint density at radius 3 is 2.68 bits per heavy atom. The quantitative estimate of drug-likeness (QED) is 0.642. The monoisotopic (exact) mass is 508 g/mol. The third-order valence-corrected chi connectivity index (χ3v) is 8.08. The molecule has 0 saturated carbocycles. The summed E-state index contributed by atoms with van der Waals surface area (Å²) in [6.45, 7) is 5.03. The topological polar surface area (TPSA) is 82.3 Å². The summed E-state index contributed by atoms with van der Waals surface area (Å²) in [5.41, 5.74) is 0.211. The minimum Gasteiger partial charge on any atom is -0.379 e. The summed E-state index contributed by atoms with van der Waals surface area (Å²) in [4.78, 5) is 19.8. The molecule has 2 aromatic rings. The molecule has 5 rings (SSSR count). The highest BCUT2D eigenvalue weighted by atomic mass is 35.5. The summed E-state index contributed by atoms with van der Waals surface area (Å²) < 4.78 is 11.0. The number of rotatable bonds is 6. The lowest BCUT2D eigenvalue weighted by Gasteiger charge is -2.58. The number of likely N-dealkylation sites (tertiary alicyclic amines) is 1. The molecular formula is C24H30Cl2N4O4. The highest BCUT2D eigenvalue weighted by Gasteiger charge is 2.57. The molecule has 1 amide bonds. The van der Waals surface area contributed by atoms with Gasteiger partial charge in [-0.3, -0.25) is 9.69 Å². The molecule has 34 heavy (non-hydrogen) atoms. The van der Waals surface area contributed by atoms with Gasteiger partial charge in [0.25, 0.3) is 0 Å². The molecule has 0 bridgehead atoms. The summed E-state index contributed by atoms with van der Waals surface area (Å²) in [6, 6.07) is 6.68. The Labute approximate surface area is 209 Å². The van der Waals surface area contributed by atoms with Gasteiger partial charge in [0, 0.05) is 38.2 Å². The van der Waals surface area contributed by atoms with Crippen molar-refractivity contribution in [3.63, 3.8) is 0 Å². The number of aromatic nitrogens is 1. The van der Waals surface area contributed by atoms with E-state index in [1.54, 1.807) is 29.4 Å². The first-order valence-corrected chi connectivity index (χ1v) is 12.6. The van der Waals surface area contributed by atoms with Gasteiger partial charge in [-0.25, -0.2) is 0 Å². The fourth-order valence-corrected chi connectivity index (χ4v) is 5.92. The van der Waals surface area contributed by atoms with E-state index in [2.05, 4.69) is 15.0 Å². The zero-order valence-corrected chi connectivity index (χ0v) is 20.5. The van der Waals surface area contributed by atoms with Crippen molar-refractivity contribution in [2.75, 3.05) is 45.9 Å². The highest BCUT2D eigenvalue weighted by Crippen LogP contribution is 2.38. The fourth-order valence-electron chi connectivity index (χ4n) is 5.60. The van der Waals surface area contributed by atoms with Crippen LogP contribution < -0.4 is 0 Å². The van der Waals surface area contributed by atoms with Crippen LogP contribution in [0.3, 0.4) is 0 Å². The first kappa shape index (κ1) is 24.0. The SMILES string of the molecule is O=C(Cc1ccc(Cl)c(Cl)c1)N1CCN(Cc2ccon2)C2COCC(CN3CCCC3)C21O. The van der Waals surface area contributed by atoms with Gasteiger partial charge < -0.3 is 24.2 Å². The summed E-state index contributed by atoms with van der Waals surface area (Å²) in [5.74, 6) is -0.345. The number of carbonyl (C=O) groups is 1. The Morgan fingerprint density at radius 2 is 1.94 bits per heavy atom. The molecule has 184 valence electrons. The first-order valence-electron chi connectivity index (χ1n) is 11.9. The Bertz CT molecular complexity index is 1000. The van der Waals surface area contributed by atoms with Gasteiger partial charge in [0.2, 0.25) is 5.91 Å². The number of carbonyl (C=O) groups excluding carboxylic acids is 1. The van der Waals surface area contributed by atoms with Crippen LogP contribution in [0.4, 0.5) is 0 Å². The molecule has 0 aliphatic carbocycles. The molecule has 3 unspecified atom stereocenters. The van der Waals surface area contributed by atoms with Gasteiger partial charge in [-0.15, -0.1) is 0 Å². The molecule has 3 aliphatic rings. The number of hydrogen-bond donors (Lipinski definition) is 1. The highest BCUT2D eigenvalue weighted by molar-refractivity contribution is 6.42. The summed E-state index contributed by atoms with van der Waals surface area (Å²) in [6.07, 6.45) is 4.01. The standard InChI is InChI=1S/C24H30Cl2N4O4/c25-20-4-3-17(11-21(20)26)12-23(31)30-9-8-29(14-19-5-10-34-27-19)22-16-33-15-18(24(22,30)32)13-28-6-1-2-7-28/h3-5,10-11,18,22,32H,1-2,6-9,12-16H2. The molecule has 3 saturated heterocycles. The number of amides is 1. The maximum absolute atomic E-state index is 13.6. The summed E-state index contributed by atoms with van der Waals surface area (Å²) >= 11 is 12.2. The van der Waals surface area contributed by atoms with Crippen LogP contribution in [0.2, 0.25) is 10.0 Å². The van der Waals surface area contributed by atoms with Crippen LogP contribution in [0.5, 0.6) is 0 Å². The van der Waals surface area contributed by atoms with Gasteiger partial charge in [0.1, 0.15) is 6.26 Å². The zero-order valence-electron chi connectivity index (χ0n) is 19.0. The Morgan fingerprint density at radius 1 is 1.12 bits per heavy atom. The molecule has 1 aromatic carbocycles. The molecule has 3 aliphatic heterocycles. The lowest BCUT2D eigenvalue weighted by atomic mass is 9.82. The molecule has 3 atom stereocenters. The van der Waals surface area contributed by atoms with E-state index in [0.29, 0.717) is 49.4 Å². The van der Waals surface area contributed by atoms with E-state index in [4.69, 9.17) is 32.5 Å². The first-order chi connectivity index (χ1) is 16.4. The Balaban J connectivity index is 1.42. The molecule has 1 N–H and O–H groups in total. The molecule has 1 aromatic heterocycles. The third-order valence-electron chi connectivity index (χ3n) is 7.34. The number of piperazine rings is 1. The molecule has 0 spiro atoms. The van der Waals surface area contributed by atoms with Crippen molar-refractivity contribution in [1.29, 1.82) is 0 Å². The molecule has 8 nitrogen and oxygen atoms in total. The Kier molecular flexibility index (Phi) is 7.16. The van der Waals surface area contributed by atoms with Crippen LogP contribution in [0.1, 0.15) is 24.1 Å². The lowest BCUT2D eigenvalue weighted by molar-refractivity contribution is -0.260. The van der Waals surface area contributed by atoms with E-state index in [1.807, 2.05) is 6.07 Å². The molecule has 10 heteroatoms. The molecule has 4 heterocycles. The average molecular weight is 509 g/mol. The number of halogens is 2. The van der Waals surface area contributed by atoms with Crippen LogP contribution in [0.25, 0.3) is 0 Å². The number of aliphatic hydroxyl groups is 1. The van der Waals surface area contributed by atoms with Gasteiger partial charge >= 0.3 is 0 Å². The largest absolute Gasteiger partial charge is 0.379 e. The predicted octanol–water partition coefficient (Wildman–Crippen LogP) is 2.67. The number of fused-ring (bicyclic) bond motifs is 1. The van der Waals surface area contributed by atoms with Gasteiger partial charge in [0.05, 0.1) is 41.4 Å². The van der Waals surface area contributed by atoms with Gasteiger partial charge in [-0.2, -0.15) is 0 Å². The second-order valence-corrected chi connectivity index (χ2v) is 10.3. The van der Waals surface area contributed by atoms with Gasteiger partial charge in [-0.05, 0) is 43.6 Å². The van der Waals surface area contributed by atoms with Crippen molar-refractivity contribution in [3.8, 4) is 0 Å². The number of benzene rings is 1. The van der Waals surface area contributed by atoms with E-state index in [-0.39, 0.29) is 24.3 Å². The lowest BCUT2D eigenvalue weighted by Crippen LogP contribution is -2.76. The number of nitrogens with zero attached hydrogens (tertiary/aromatic N) is 4. The average Bonchev–Trinajstić information content (AvgIpc) is 3.51. The summed E-state index contributed by atoms with van der Waals surface area (Å²) in [5, 5.41) is 17.3. The van der Waals surface area contributed by atoms with Crippen molar-refractivity contribution in [2.45, 2.75) is 37.6 Å².